The maximum Gasteiger partial charge on any atom is 0.146 e. The minimum Gasteiger partial charge on any atom is -0.303 e. The minimum atomic E-state index is 0.638. The zero-order valence-electron chi connectivity index (χ0n) is 11.5. The largest absolute Gasteiger partial charge is 0.303 e. The lowest BCUT2D eigenvalue weighted by Gasteiger charge is -2.43. The normalized spacial score (nSPS) is 28.7. The Morgan fingerprint density at radius 3 is 2.65 bits per heavy atom. The van der Waals surface area contributed by atoms with Gasteiger partial charge in [-0.3, -0.25) is 0 Å². The molecule has 0 amide bonds. The van der Waals surface area contributed by atoms with Gasteiger partial charge in [-0.15, -0.1) is 0 Å². The lowest BCUT2D eigenvalue weighted by molar-refractivity contribution is 0.0869. The minimum absolute atomic E-state index is 0.638. The summed E-state index contributed by atoms with van der Waals surface area (Å²) in [6.07, 6.45) is 3.55. The van der Waals surface area contributed by atoms with Gasteiger partial charge in [0.05, 0.1) is 0 Å². The Labute approximate surface area is 123 Å². The fourth-order valence-electron chi connectivity index (χ4n) is 3.51. The summed E-state index contributed by atoms with van der Waals surface area (Å²) < 4.78 is 4.58. The highest BCUT2D eigenvalue weighted by Crippen LogP contribution is 2.39. The fraction of sp³-hybridized carbons (Fsp3) is 0.500. The molecule has 3 fully saturated rings. The van der Waals surface area contributed by atoms with Crippen LogP contribution in [0.5, 0.6) is 0 Å². The summed E-state index contributed by atoms with van der Waals surface area (Å²) in [6.45, 7) is 3.78. The first-order valence-electron chi connectivity index (χ1n) is 7.47. The van der Waals surface area contributed by atoms with Crippen molar-refractivity contribution in [3.63, 3.8) is 0 Å². The molecule has 5 rings (SSSR count). The van der Waals surface area contributed by atoms with E-state index in [1.807, 2.05) is 0 Å². The molecule has 20 heavy (non-hydrogen) atoms. The molecule has 4 heterocycles. The molecule has 4 heteroatoms. The molecule has 0 spiro atoms. The van der Waals surface area contributed by atoms with Gasteiger partial charge in [0.25, 0.3) is 0 Å². The van der Waals surface area contributed by atoms with Crippen molar-refractivity contribution in [3.05, 3.63) is 46.7 Å². The third-order valence-corrected chi connectivity index (χ3v) is 5.55. The number of aromatic nitrogens is 2. The lowest BCUT2D eigenvalue weighted by Crippen LogP contribution is -2.46. The van der Waals surface area contributed by atoms with E-state index < -0.39 is 0 Å². The molecule has 0 aliphatic carbocycles. The van der Waals surface area contributed by atoms with Crippen LogP contribution in [0, 0.1) is 5.92 Å². The Hall–Kier alpha value is -1.26. The summed E-state index contributed by atoms with van der Waals surface area (Å²) in [7, 11) is 0. The second kappa shape index (κ2) is 5.26. The van der Waals surface area contributed by atoms with Gasteiger partial charge in [-0.05, 0) is 48.9 Å². The van der Waals surface area contributed by atoms with E-state index in [-0.39, 0.29) is 0 Å². The van der Waals surface area contributed by atoms with Crippen LogP contribution in [0.2, 0.25) is 0 Å². The van der Waals surface area contributed by atoms with Crippen LogP contribution >= 0.6 is 11.5 Å². The molecule has 0 radical (unpaired) electrons. The second-order valence-electron chi connectivity index (χ2n) is 5.96. The Bertz CT molecular complexity index is 572. The van der Waals surface area contributed by atoms with E-state index in [0.717, 1.165) is 18.2 Å². The predicted molar refractivity (Wildman–Crippen MR) is 81.1 cm³/mol. The first-order chi connectivity index (χ1) is 9.88. The second-order valence-corrected chi connectivity index (χ2v) is 6.74. The van der Waals surface area contributed by atoms with Gasteiger partial charge in [0.15, 0.2) is 0 Å². The van der Waals surface area contributed by atoms with Gasteiger partial charge in [0.2, 0.25) is 0 Å². The molecule has 1 aromatic heterocycles. The number of piperidine rings is 3. The van der Waals surface area contributed by atoms with Crippen molar-refractivity contribution in [2.75, 3.05) is 19.6 Å². The van der Waals surface area contributed by atoms with Crippen molar-refractivity contribution in [2.24, 2.45) is 5.92 Å². The van der Waals surface area contributed by atoms with Crippen molar-refractivity contribution >= 4 is 11.5 Å². The number of benzene rings is 1. The molecule has 2 aromatic rings. The first-order valence-corrected chi connectivity index (χ1v) is 8.24. The molecule has 3 saturated heterocycles. The van der Waals surface area contributed by atoms with E-state index in [9.17, 15) is 0 Å². The Morgan fingerprint density at radius 2 is 1.95 bits per heavy atom. The fourth-order valence-corrected chi connectivity index (χ4v) is 4.37. The van der Waals surface area contributed by atoms with Crippen LogP contribution in [0.3, 0.4) is 0 Å². The van der Waals surface area contributed by atoms with Crippen molar-refractivity contribution < 1.29 is 0 Å². The molecular weight excluding hydrogens is 266 g/mol. The summed E-state index contributed by atoms with van der Waals surface area (Å²) in [4.78, 5) is 7.41. The highest BCUT2D eigenvalue weighted by Gasteiger charge is 2.36. The highest BCUT2D eigenvalue weighted by atomic mass is 32.1. The van der Waals surface area contributed by atoms with Gasteiger partial charge in [-0.1, -0.05) is 30.3 Å². The van der Waals surface area contributed by atoms with Crippen LogP contribution in [-0.4, -0.2) is 33.9 Å². The average molecular weight is 285 g/mol. The van der Waals surface area contributed by atoms with Crippen LogP contribution in [0.1, 0.15) is 35.2 Å². The molecular formula is C16H19N3S. The third kappa shape index (κ3) is 2.38. The van der Waals surface area contributed by atoms with Gasteiger partial charge >= 0.3 is 0 Å². The predicted octanol–water partition coefficient (Wildman–Crippen LogP) is 2.94. The molecule has 1 atom stereocenters. The highest BCUT2D eigenvalue weighted by molar-refractivity contribution is 7.05. The van der Waals surface area contributed by atoms with E-state index in [1.54, 1.807) is 11.5 Å². The summed E-state index contributed by atoms with van der Waals surface area (Å²) >= 11 is 1.63. The Morgan fingerprint density at radius 1 is 1.15 bits per heavy atom. The third-order valence-electron chi connectivity index (χ3n) is 4.66. The molecule has 3 aliphatic rings. The summed E-state index contributed by atoms with van der Waals surface area (Å²) in [5.41, 5.74) is 1.30. The van der Waals surface area contributed by atoms with E-state index in [1.165, 1.54) is 43.0 Å². The van der Waals surface area contributed by atoms with E-state index in [0.29, 0.717) is 5.92 Å². The molecule has 1 aromatic carbocycles. The maximum atomic E-state index is 4.83. The Balaban J connectivity index is 1.51. The van der Waals surface area contributed by atoms with Gasteiger partial charge in [0, 0.05) is 18.9 Å². The van der Waals surface area contributed by atoms with Gasteiger partial charge in [-0.25, -0.2) is 4.98 Å². The maximum absolute atomic E-state index is 4.83. The first kappa shape index (κ1) is 12.5. The summed E-state index contributed by atoms with van der Waals surface area (Å²) in [5, 5.41) is 1.27. The molecule has 0 saturated carbocycles. The number of hydrogen-bond donors (Lipinski definition) is 0. The average Bonchev–Trinajstić information content (AvgIpc) is 2.98. The quantitative estimate of drug-likeness (QED) is 0.868. The van der Waals surface area contributed by atoms with E-state index in [4.69, 9.17) is 4.98 Å². The van der Waals surface area contributed by atoms with Crippen LogP contribution < -0.4 is 0 Å². The SMILES string of the molecule is c1ccc(Cc2nsc(C3CN4CCC3CC4)n2)cc1. The molecule has 3 nitrogen and oxygen atoms in total. The standard InChI is InChI=1S/C16H19N3S/c1-2-4-12(5-3-1)10-15-17-16(20-18-15)14-11-19-8-6-13(14)7-9-19/h1-5,13-14H,6-11H2. The number of fused-ring (bicyclic) bond motifs is 3. The number of rotatable bonds is 3. The van der Waals surface area contributed by atoms with Gasteiger partial charge < -0.3 is 4.90 Å². The summed E-state index contributed by atoms with van der Waals surface area (Å²) in [6, 6.07) is 10.5. The monoisotopic (exact) mass is 285 g/mol. The van der Waals surface area contributed by atoms with E-state index in [2.05, 4.69) is 39.6 Å². The molecule has 0 N–H and O–H groups in total. The van der Waals surface area contributed by atoms with Crippen molar-refractivity contribution in [1.82, 2.24) is 14.3 Å². The van der Waals surface area contributed by atoms with Gasteiger partial charge in [0.1, 0.15) is 10.8 Å². The number of hydrogen-bond acceptors (Lipinski definition) is 4. The van der Waals surface area contributed by atoms with Crippen molar-refractivity contribution in [3.8, 4) is 0 Å². The lowest BCUT2D eigenvalue weighted by atomic mass is 9.79. The number of nitrogens with zero attached hydrogens (tertiary/aromatic N) is 3. The molecule has 3 aliphatic heterocycles. The van der Waals surface area contributed by atoms with Crippen LogP contribution in [0.4, 0.5) is 0 Å². The van der Waals surface area contributed by atoms with Crippen molar-refractivity contribution in [1.29, 1.82) is 0 Å². The van der Waals surface area contributed by atoms with Crippen LogP contribution in [0.25, 0.3) is 0 Å². The topological polar surface area (TPSA) is 29.0 Å². The van der Waals surface area contributed by atoms with Crippen molar-refractivity contribution in [2.45, 2.75) is 25.2 Å². The molecule has 2 bridgehead atoms. The van der Waals surface area contributed by atoms with E-state index >= 15 is 0 Å². The van der Waals surface area contributed by atoms with Crippen LogP contribution in [0.15, 0.2) is 30.3 Å². The molecule has 104 valence electrons. The smallest absolute Gasteiger partial charge is 0.146 e. The summed E-state index contributed by atoms with van der Waals surface area (Å²) in [5.74, 6) is 2.48. The Kier molecular flexibility index (Phi) is 3.28. The zero-order chi connectivity index (χ0) is 13.4. The van der Waals surface area contributed by atoms with Crippen LogP contribution in [-0.2, 0) is 6.42 Å². The zero-order valence-corrected chi connectivity index (χ0v) is 12.4. The van der Waals surface area contributed by atoms with Gasteiger partial charge in [-0.2, -0.15) is 4.37 Å². The molecule has 1 unspecified atom stereocenters.